The first kappa shape index (κ1) is 18.5. The van der Waals surface area contributed by atoms with Crippen molar-refractivity contribution in [1.29, 1.82) is 0 Å². The van der Waals surface area contributed by atoms with E-state index < -0.39 is 23.7 Å². The monoisotopic (exact) mass is 349 g/mol. The third-order valence-corrected chi connectivity index (χ3v) is 4.09. The molecule has 0 aliphatic carbocycles. The van der Waals surface area contributed by atoms with Crippen LogP contribution in [0.25, 0.3) is 0 Å². The SMILES string of the molecule is COC(=O)C1=C(C)NC(C)=C(C(=O)OC)C1c1ccc(OC)cc1F. The van der Waals surface area contributed by atoms with Crippen molar-refractivity contribution in [3.8, 4) is 5.75 Å². The van der Waals surface area contributed by atoms with Crippen LogP contribution in [0.5, 0.6) is 5.75 Å². The Labute approximate surface area is 145 Å². The molecule has 0 amide bonds. The fourth-order valence-corrected chi connectivity index (χ4v) is 2.94. The van der Waals surface area contributed by atoms with Crippen LogP contribution in [0.4, 0.5) is 4.39 Å². The molecule has 25 heavy (non-hydrogen) atoms. The molecular formula is C18H20FNO5. The lowest BCUT2D eigenvalue weighted by atomic mass is 9.80. The standard InChI is InChI=1S/C18H20FNO5/c1-9-14(17(21)24-4)16(15(10(2)20-9)18(22)25-5)12-7-6-11(23-3)8-13(12)19/h6-8,16,20H,1-5H3. The number of allylic oxidation sites excluding steroid dienone is 2. The summed E-state index contributed by atoms with van der Waals surface area (Å²) in [5.41, 5.74) is 1.42. The Kier molecular flexibility index (Phi) is 5.46. The zero-order chi connectivity index (χ0) is 18.7. The van der Waals surface area contributed by atoms with Gasteiger partial charge in [0.15, 0.2) is 0 Å². The number of nitrogens with one attached hydrogen (secondary N) is 1. The second-order valence-electron chi connectivity index (χ2n) is 5.51. The second kappa shape index (κ2) is 7.38. The molecule has 0 radical (unpaired) electrons. The molecule has 0 unspecified atom stereocenters. The molecule has 0 fully saturated rings. The molecule has 1 aliphatic rings. The number of hydrogen-bond donors (Lipinski definition) is 1. The van der Waals surface area contributed by atoms with Crippen LogP contribution in [-0.4, -0.2) is 33.3 Å². The number of dihydropyridines is 1. The molecule has 2 rings (SSSR count). The molecule has 0 aromatic heterocycles. The first-order valence-corrected chi connectivity index (χ1v) is 7.54. The first-order valence-electron chi connectivity index (χ1n) is 7.54. The van der Waals surface area contributed by atoms with Crippen LogP contribution in [0.3, 0.4) is 0 Å². The van der Waals surface area contributed by atoms with Gasteiger partial charge in [-0.15, -0.1) is 0 Å². The third kappa shape index (κ3) is 3.35. The lowest BCUT2D eigenvalue weighted by Gasteiger charge is -2.30. The Bertz CT molecular complexity index is 744. The molecule has 1 N–H and O–H groups in total. The number of carbonyl (C=O) groups is 2. The van der Waals surface area contributed by atoms with Gasteiger partial charge in [0.25, 0.3) is 0 Å². The van der Waals surface area contributed by atoms with Gasteiger partial charge in [-0.3, -0.25) is 0 Å². The van der Waals surface area contributed by atoms with E-state index in [0.717, 1.165) is 0 Å². The molecule has 134 valence electrons. The largest absolute Gasteiger partial charge is 0.497 e. The quantitative estimate of drug-likeness (QED) is 0.842. The number of methoxy groups -OCH3 is 3. The minimum absolute atomic E-state index is 0.151. The highest BCUT2D eigenvalue weighted by atomic mass is 19.1. The summed E-state index contributed by atoms with van der Waals surface area (Å²) >= 11 is 0. The number of esters is 2. The van der Waals surface area contributed by atoms with Crippen LogP contribution in [0.15, 0.2) is 40.7 Å². The molecule has 0 bridgehead atoms. The summed E-state index contributed by atoms with van der Waals surface area (Å²) in [6.45, 7) is 3.33. The zero-order valence-electron chi connectivity index (χ0n) is 14.7. The Morgan fingerprint density at radius 2 is 1.52 bits per heavy atom. The van der Waals surface area contributed by atoms with Crippen molar-refractivity contribution >= 4 is 11.9 Å². The van der Waals surface area contributed by atoms with Gasteiger partial charge in [-0.25, -0.2) is 14.0 Å². The average molecular weight is 349 g/mol. The van der Waals surface area contributed by atoms with Crippen molar-refractivity contribution in [2.45, 2.75) is 19.8 Å². The molecule has 6 nitrogen and oxygen atoms in total. The van der Waals surface area contributed by atoms with Crippen molar-refractivity contribution in [3.63, 3.8) is 0 Å². The van der Waals surface area contributed by atoms with E-state index in [-0.39, 0.29) is 16.7 Å². The number of hydrogen-bond acceptors (Lipinski definition) is 6. The van der Waals surface area contributed by atoms with Gasteiger partial charge in [-0.2, -0.15) is 0 Å². The van der Waals surface area contributed by atoms with E-state index in [4.69, 9.17) is 14.2 Å². The van der Waals surface area contributed by atoms with Gasteiger partial charge in [0.2, 0.25) is 0 Å². The summed E-state index contributed by atoms with van der Waals surface area (Å²) in [4.78, 5) is 24.6. The topological polar surface area (TPSA) is 73.9 Å². The molecule has 0 saturated carbocycles. The van der Waals surface area contributed by atoms with E-state index in [1.165, 1.54) is 33.5 Å². The molecule has 0 spiro atoms. The van der Waals surface area contributed by atoms with Crippen LogP contribution in [0.2, 0.25) is 0 Å². The van der Waals surface area contributed by atoms with Crippen LogP contribution in [0, 0.1) is 5.82 Å². The Hall–Kier alpha value is -2.83. The number of benzene rings is 1. The average Bonchev–Trinajstić information content (AvgIpc) is 2.59. The summed E-state index contributed by atoms with van der Waals surface area (Å²) in [7, 11) is 3.88. The lowest BCUT2D eigenvalue weighted by Crippen LogP contribution is -2.32. The molecule has 0 saturated heterocycles. The highest BCUT2D eigenvalue weighted by molar-refractivity contribution is 5.99. The van der Waals surface area contributed by atoms with Crippen LogP contribution in [-0.2, 0) is 19.1 Å². The van der Waals surface area contributed by atoms with Gasteiger partial charge in [0, 0.05) is 23.0 Å². The van der Waals surface area contributed by atoms with Crippen LogP contribution in [0.1, 0.15) is 25.3 Å². The molecular weight excluding hydrogens is 329 g/mol. The van der Waals surface area contributed by atoms with Crippen molar-refractivity contribution in [2.24, 2.45) is 0 Å². The van der Waals surface area contributed by atoms with Gasteiger partial charge in [-0.1, -0.05) is 6.07 Å². The van der Waals surface area contributed by atoms with Gasteiger partial charge in [0.1, 0.15) is 11.6 Å². The van der Waals surface area contributed by atoms with Gasteiger partial charge < -0.3 is 19.5 Å². The van der Waals surface area contributed by atoms with Crippen LogP contribution >= 0.6 is 0 Å². The lowest BCUT2D eigenvalue weighted by molar-refractivity contribution is -0.137. The number of rotatable bonds is 4. The Morgan fingerprint density at radius 1 is 1.00 bits per heavy atom. The number of halogens is 1. The summed E-state index contributed by atoms with van der Waals surface area (Å²) in [6, 6.07) is 4.25. The first-order chi connectivity index (χ1) is 11.8. The van der Waals surface area contributed by atoms with E-state index in [9.17, 15) is 14.0 Å². The maximum Gasteiger partial charge on any atom is 0.336 e. The number of ether oxygens (including phenoxy) is 3. The molecule has 1 aromatic rings. The highest BCUT2D eigenvalue weighted by Crippen LogP contribution is 2.40. The summed E-state index contributed by atoms with van der Waals surface area (Å²) in [5, 5.41) is 2.96. The minimum Gasteiger partial charge on any atom is -0.497 e. The van der Waals surface area contributed by atoms with Gasteiger partial charge >= 0.3 is 11.9 Å². The fraction of sp³-hybridized carbons (Fsp3) is 0.333. The molecule has 0 atom stereocenters. The summed E-state index contributed by atoms with van der Waals surface area (Å²) in [6.07, 6.45) is 0. The predicted molar refractivity (Wildman–Crippen MR) is 88.3 cm³/mol. The normalized spacial score (nSPS) is 15.0. The fourth-order valence-electron chi connectivity index (χ4n) is 2.94. The van der Waals surface area contributed by atoms with Crippen molar-refractivity contribution in [2.75, 3.05) is 21.3 Å². The summed E-state index contributed by atoms with van der Waals surface area (Å²) in [5.74, 6) is -2.53. The Morgan fingerprint density at radius 3 is 1.92 bits per heavy atom. The molecule has 1 aromatic carbocycles. The molecule has 7 heteroatoms. The van der Waals surface area contributed by atoms with E-state index >= 15 is 0 Å². The van der Waals surface area contributed by atoms with Crippen LogP contribution < -0.4 is 10.1 Å². The summed E-state index contributed by atoms with van der Waals surface area (Å²) < 4.78 is 29.4. The molecule has 1 aliphatic heterocycles. The van der Waals surface area contributed by atoms with E-state index in [0.29, 0.717) is 17.1 Å². The molecule has 1 heterocycles. The van der Waals surface area contributed by atoms with E-state index in [2.05, 4.69) is 5.32 Å². The zero-order valence-corrected chi connectivity index (χ0v) is 14.7. The number of carbonyl (C=O) groups excluding carboxylic acids is 2. The van der Waals surface area contributed by atoms with E-state index in [1.54, 1.807) is 19.9 Å². The maximum absolute atomic E-state index is 14.7. The highest BCUT2D eigenvalue weighted by Gasteiger charge is 2.38. The Balaban J connectivity index is 2.72. The minimum atomic E-state index is -0.952. The van der Waals surface area contributed by atoms with Crippen molar-refractivity contribution < 1.29 is 28.2 Å². The van der Waals surface area contributed by atoms with Gasteiger partial charge in [0.05, 0.1) is 38.4 Å². The maximum atomic E-state index is 14.7. The smallest absolute Gasteiger partial charge is 0.336 e. The van der Waals surface area contributed by atoms with Crippen molar-refractivity contribution in [1.82, 2.24) is 5.32 Å². The third-order valence-electron chi connectivity index (χ3n) is 4.09. The second-order valence-corrected chi connectivity index (χ2v) is 5.51. The predicted octanol–water partition coefficient (Wildman–Crippen LogP) is 2.42. The van der Waals surface area contributed by atoms with Gasteiger partial charge in [-0.05, 0) is 19.9 Å². The van der Waals surface area contributed by atoms with E-state index in [1.807, 2.05) is 0 Å². The van der Waals surface area contributed by atoms with Crippen molar-refractivity contribution in [3.05, 3.63) is 52.1 Å².